The number of rotatable bonds is 4. The van der Waals surface area contributed by atoms with Crippen LogP contribution in [0.1, 0.15) is 0 Å². The third kappa shape index (κ3) is 3.20. The van der Waals surface area contributed by atoms with Gasteiger partial charge in [-0.05, 0) is 36.4 Å². The predicted octanol–water partition coefficient (Wildman–Crippen LogP) is 3.88. The van der Waals surface area contributed by atoms with Crippen molar-refractivity contribution < 1.29 is 17.5 Å². The molecule has 106 valence electrons. The third-order valence-corrected chi connectivity index (χ3v) is 4.03. The number of benzene rings is 2. The Balaban J connectivity index is 2.30. The Morgan fingerprint density at radius 3 is 2.35 bits per heavy atom. The zero-order valence-electron chi connectivity index (χ0n) is 10.4. The SMILES string of the molecule is COc1ccc(S(=O)(=O)[N-]c2ccc(Cl)cc2F)cc1. The van der Waals surface area contributed by atoms with Gasteiger partial charge in [0.05, 0.1) is 12.0 Å². The topological polar surface area (TPSA) is 57.5 Å². The summed E-state index contributed by atoms with van der Waals surface area (Å²) in [5, 5.41) is 0.170. The van der Waals surface area contributed by atoms with Crippen LogP contribution in [0.5, 0.6) is 5.75 Å². The molecule has 0 atom stereocenters. The second kappa shape index (κ2) is 5.68. The lowest BCUT2D eigenvalue weighted by molar-refractivity contribution is 0.414. The molecule has 0 saturated carbocycles. The number of sulfonamides is 1. The molecule has 0 aromatic heterocycles. The van der Waals surface area contributed by atoms with E-state index in [2.05, 4.69) is 4.72 Å². The van der Waals surface area contributed by atoms with Crippen LogP contribution in [0, 0.1) is 5.82 Å². The van der Waals surface area contributed by atoms with E-state index in [4.69, 9.17) is 16.3 Å². The van der Waals surface area contributed by atoms with Gasteiger partial charge < -0.3 is 9.46 Å². The first kappa shape index (κ1) is 14.6. The average Bonchev–Trinajstić information content (AvgIpc) is 2.42. The Labute approximate surface area is 121 Å². The van der Waals surface area contributed by atoms with Crippen molar-refractivity contribution in [1.29, 1.82) is 0 Å². The minimum atomic E-state index is -3.99. The van der Waals surface area contributed by atoms with Crippen LogP contribution in [-0.2, 0) is 10.0 Å². The fraction of sp³-hybridized carbons (Fsp3) is 0.0769. The highest BCUT2D eigenvalue weighted by Crippen LogP contribution is 2.32. The lowest BCUT2D eigenvalue weighted by Gasteiger charge is -2.22. The van der Waals surface area contributed by atoms with Crippen molar-refractivity contribution in [3.63, 3.8) is 0 Å². The van der Waals surface area contributed by atoms with E-state index < -0.39 is 15.8 Å². The van der Waals surface area contributed by atoms with Gasteiger partial charge in [-0.25, -0.2) is 12.8 Å². The molecule has 0 unspecified atom stereocenters. The summed E-state index contributed by atoms with van der Waals surface area (Å²) in [5.74, 6) is -0.281. The summed E-state index contributed by atoms with van der Waals surface area (Å²) in [6.07, 6.45) is 0. The molecule has 7 heteroatoms. The van der Waals surface area contributed by atoms with Crippen LogP contribution < -0.4 is 4.74 Å². The molecule has 2 aromatic rings. The van der Waals surface area contributed by atoms with E-state index in [0.29, 0.717) is 5.75 Å². The number of methoxy groups -OCH3 is 1. The summed E-state index contributed by atoms with van der Waals surface area (Å²) in [4.78, 5) is -0.0485. The van der Waals surface area contributed by atoms with Crippen molar-refractivity contribution in [2.45, 2.75) is 4.90 Å². The molecule has 0 heterocycles. The highest BCUT2D eigenvalue weighted by atomic mass is 35.5. The van der Waals surface area contributed by atoms with E-state index in [1.54, 1.807) is 0 Å². The Bertz CT molecular complexity index is 717. The van der Waals surface area contributed by atoms with Crippen LogP contribution in [-0.4, -0.2) is 15.5 Å². The Morgan fingerprint density at radius 2 is 1.80 bits per heavy atom. The second-order valence-corrected chi connectivity index (χ2v) is 5.88. The minimum absolute atomic E-state index is 0.0485. The number of ether oxygens (including phenoxy) is 1. The number of hydrogen-bond donors (Lipinski definition) is 0. The molecule has 0 radical (unpaired) electrons. The maximum atomic E-state index is 13.6. The van der Waals surface area contributed by atoms with Gasteiger partial charge in [0, 0.05) is 5.02 Å². The molecule has 0 N–H and O–H groups in total. The molecular weight excluding hydrogens is 305 g/mol. The maximum Gasteiger partial charge on any atom is 0.123 e. The molecule has 0 amide bonds. The Kier molecular flexibility index (Phi) is 4.15. The second-order valence-electron chi connectivity index (χ2n) is 3.84. The normalized spacial score (nSPS) is 11.2. The summed E-state index contributed by atoms with van der Waals surface area (Å²) >= 11 is 5.59. The highest BCUT2D eigenvalue weighted by molar-refractivity contribution is 7.94. The summed E-state index contributed by atoms with van der Waals surface area (Å²) in [5.41, 5.74) is -0.287. The largest absolute Gasteiger partial charge is 0.570 e. The molecule has 0 fully saturated rings. The highest BCUT2D eigenvalue weighted by Gasteiger charge is 2.07. The lowest BCUT2D eigenvalue weighted by Crippen LogP contribution is -1.98. The zero-order valence-corrected chi connectivity index (χ0v) is 12.0. The summed E-state index contributed by atoms with van der Waals surface area (Å²) in [6.45, 7) is 0. The summed E-state index contributed by atoms with van der Waals surface area (Å²) in [6, 6.07) is 9.23. The van der Waals surface area contributed by atoms with Crippen LogP contribution in [0.4, 0.5) is 10.1 Å². The van der Waals surface area contributed by atoms with Gasteiger partial charge in [0.15, 0.2) is 0 Å². The van der Waals surface area contributed by atoms with Crippen LogP contribution in [0.2, 0.25) is 5.02 Å². The molecule has 2 rings (SSSR count). The van der Waals surface area contributed by atoms with Gasteiger partial charge in [0.1, 0.15) is 21.6 Å². The van der Waals surface area contributed by atoms with E-state index in [1.807, 2.05) is 0 Å². The number of halogens is 2. The molecule has 0 aliphatic rings. The third-order valence-electron chi connectivity index (χ3n) is 2.49. The van der Waals surface area contributed by atoms with Crippen molar-refractivity contribution in [3.8, 4) is 5.75 Å². The molecule has 2 aromatic carbocycles. The van der Waals surface area contributed by atoms with E-state index in [-0.39, 0.29) is 15.6 Å². The van der Waals surface area contributed by atoms with Crippen molar-refractivity contribution >= 4 is 27.3 Å². The van der Waals surface area contributed by atoms with Gasteiger partial charge in [0.25, 0.3) is 0 Å². The molecule has 0 aliphatic heterocycles. The molecule has 20 heavy (non-hydrogen) atoms. The Morgan fingerprint density at radius 1 is 1.15 bits per heavy atom. The fourth-order valence-electron chi connectivity index (χ4n) is 1.49. The van der Waals surface area contributed by atoms with E-state index in [0.717, 1.165) is 6.07 Å². The van der Waals surface area contributed by atoms with Gasteiger partial charge in [-0.1, -0.05) is 23.4 Å². The quantitative estimate of drug-likeness (QED) is 0.860. The smallest absolute Gasteiger partial charge is 0.123 e. The van der Waals surface area contributed by atoms with E-state index >= 15 is 0 Å². The molecular formula is C13H10ClFNO3S-. The first-order chi connectivity index (χ1) is 9.42. The van der Waals surface area contributed by atoms with Gasteiger partial charge in [-0.15, -0.1) is 0 Å². The van der Waals surface area contributed by atoms with Gasteiger partial charge in [-0.2, -0.15) is 0 Å². The molecule has 0 spiro atoms. The number of hydrogen-bond acceptors (Lipinski definition) is 3. The average molecular weight is 315 g/mol. The van der Waals surface area contributed by atoms with Crippen molar-refractivity contribution in [3.05, 3.63) is 58.0 Å². The first-order valence-corrected chi connectivity index (χ1v) is 7.31. The molecule has 0 saturated heterocycles. The van der Waals surface area contributed by atoms with Gasteiger partial charge in [0.2, 0.25) is 0 Å². The molecule has 4 nitrogen and oxygen atoms in total. The van der Waals surface area contributed by atoms with Crippen molar-refractivity contribution in [1.82, 2.24) is 0 Å². The van der Waals surface area contributed by atoms with Crippen LogP contribution in [0.25, 0.3) is 4.72 Å². The lowest BCUT2D eigenvalue weighted by atomic mass is 10.3. The first-order valence-electron chi connectivity index (χ1n) is 5.49. The predicted molar refractivity (Wildman–Crippen MR) is 74.6 cm³/mol. The zero-order chi connectivity index (χ0) is 14.8. The van der Waals surface area contributed by atoms with Gasteiger partial charge in [-0.3, -0.25) is 0 Å². The monoisotopic (exact) mass is 314 g/mol. The standard InChI is InChI=1S/C13H10ClFNO3S/c1-19-10-3-5-11(6-4-10)20(17,18)16-13-7-2-9(14)8-12(13)15/h2-8H,1H3/q-1. The van der Waals surface area contributed by atoms with Gasteiger partial charge >= 0.3 is 0 Å². The van der Waals surface area contributed by atoms with Crippen LogP contribution >= 0.6 is 11.6 Å². The van der Waals surface area contributed by atoms with Crippen LogP contribution in [0.15, 0.2) is 47.4 Å². The summed E-state index contributed by atoms with van der Waals surface area (Å²) in [7, 11) is -2.52. The fourth-order valence-corrected chi connectivity index (χ4v) is 2.64. The molecule has 0 bridgehead atoms. The van der Waals surface area contributed by atoms with Crippen molar-refractivity contribution in [2.75, 3.05) is 7.11 Å². The van der Waals surface area contributed by atoms with Crippen LogP contribution in [0.3, 0.4) is 0 Å². The van der Waals surface area contributed by atoms with E-state index in [9.17, 15) is 12.8 Å². The van der Waals surface area contributed by atoms with E-state index in [1.165, 1.54) is 43.5 Å². The Hall–Kier alpha value is -1.79. The summed E-state index contributed by atoms with van der Waals surface area (Å²) < 4.78 is 46.0. The number of nitrogens with zero attached hydrogens (tertiary/aromatic N) is 1. The van der Waals surface area contributed by atoms with Crippen molar-refractivity contribution in [2.24, 2.45) is 0 Å². The maximum absolute atomic E-state index is 13.6. The minimum Gasteiger partial charge on any atom is -0.570 e. The molecule has 0 aliphatic carbocycles.